The van der Waals surface area contributed by atoms with Crippen LogP contribution in [0, 0.1) is 14.9 Å². The van der Waals surface area contributed by atoms with Gasteiger partial charge in [0.25, 0.3) is 5.91 Å². The number of benzene rings is 2. The molecular formula is C18H15IN2O3. The van der Waals surface area contributed by atoms with Crippen LogP contribution in [0.2, 0.25) is 0 Å². The number of nitrogens with one attached hydrogen (secondary N) is 1. The van der Waals surface area contributed by atoms with Gasteiger partial charge in [0.2, 0.25) is 0 Å². The molecule has 5 nitrogen and oxygen atoms in total. The van der Waals surface area contributed by atoms with E-state index in [0.717, 1.165) is 3.57 Å². The van der Waals surface area contributed by atoms with Crippen molar-refractivity contribution >= 4 is 40.3 Å². The monoisotopic (exact) mass is 434 g/mol. The number of hydrogen-bond acceptors (Lipinski definition) is 4. The maximum atomic E-state index is 12.3. The predicted molar refractivity (Wildman–Crippen MR) is 101 cm³/mol. The highest BCUT2D eigenvalue weighted by Gasteiger charge is 2.12. The molecule has 6 heteroatoms. The SMILES string of the molecule is CCOc1cc(/C=C(/C#N)C(=O)Nc2ccccc2I)ccc1O. The highest BCUT2D eigenvalue weighted by atomic mass is 127. The molecule has 122 valence electrons. The van der Waals surface area contributed by atoms with Gasteiger partial charge in [-0.2, -0.15) is 5.26 Å². The van der Waals surface area contributed by atoms with Gasteiger partial charge < -0.3 is 15.2 Å². The summed E-state index contributed by atoms with van der Waals surface area (Å²) in [5.74, 6) is -0.176. The Bertz CT molecular complexity index is 825. The molecule has 0 saturated heterocycles. The number of rotatable bonds is 5. The standard InChI is InChI=1S/C18H15IN2O3/c1-2-24-17-10-12(7-8-16(17)22)9-13(11-20)18(23)21-15-6-4-3-5-14(15)19/h3-10,22H,2H2,1H3,(H,21,23)/b13-9-. The highest BCUT2D eigenvalue weighted by Crippen LogP contribution is 2.28. The Balaban J connectivity index is 2.26. The molecule has 2 N–H and O–H groups in total. The first-order valence-corrected chi connectivity index (χ1v) is 8.26. The number of nitrogens with zero attached hydrogens (tertiary/aromatic N) is 1. The fraction of sp³-hybridized carbons (Fsp3) is 0.111. The van der Waals surface area contributed by atoms with Crippen LogP contribution in [0.25, 0.3) is 6.08 Å². The molecule has 0 atom stereocenters. The number of phenols is 1. The molecule has 0 unspecified atom stereocenters. The molecule has 2 aromatic rings. The van der Waals surface area contributed by atoms with Crippen molar-refractivity contribution < 1.29 is 14.6 Å². The lowest BCUT2D eigenvalue weighted by Gasteiger charge is -2.08. The number of carbonyl (C=O) groups is 1. The van der Waals surface area contributed by atoms with E-state index < -0.39 is 5.91 Å². The van der Waals surface area contributed by atoms with Crippen LogP contribution in [0.3, 0.4) is 0 Å². The number of amides is 1. The Kier molecular flexibility index (Phi) is 6.21. The summed E-state index contributed by atoms with van der Waals surface area (Å²) in [5, 5.41) is 21.7. The molecule has 0 saturated carbocycles. The third-order valence-corrected chi connectivity index (χ3v) is 4.02. The van der Waals surface area contributed by atoms with Crippen LogP contribution in [0.5, 0.6) is 11.5 Å². The second-order valence-corrected chi connectivity index (χ2v) is 5.93. The number of phenolic OH excluding ortho intramolecular Hbond substituents is 1. The van der Waals surface area contributed by atoms with Crippen molar-refractivity contribution in [2.75, 3.05) is 11.9 Å². The Labute approximate surface area is 153 Å². The maximum absolute atomic E-state index is 12.3. The lowest BCUT2D eigenvalue weighted by Crippen LogP contribution is -2.14. The number of halogens is 1. The summed E-state index contributed by atoms with van der Waals surface area (Å²) in [6, 6.07) is 13.8. The average molecular weight is 434 g/mol. The van der Waals surface area contributed by atoms with Gasteiger partial charge in [-0.05, 0) is 65.4 Å². The topological polar surface area (TPSA) is 82.3 Å². The first-order chi connectivity index (χ1) is 11.5. The Morgan fingerprint density at radius 2 is 2.12 bits per heavy atom. The van der Waals surface area contributed by atoms with Crippen LogP contribution < -0.4 is 10.1 Å². The molecule has 1 amide bonds. The number of nitriles is 1. The van der Waals surface area contributed by atoms with Crippen LogP contribution in [-0.2, 0) is 4.79 Å². The van der Waals surface area contributed by atoms with Gasteiger partial charge in [-0.1, -0.05) is 18.2 Å². The summed E-state index contributed by atoms with van der Waals surface area (Å²) in [4.78, 5) is 12.3. The van der Waals surface area contributed by atoms with Crippen molar-refractivity contribution in [2.24, 2.45) is 0 Å². The zero-order chi connectivity index (χ0) is 17.5. The van der Waals surface area contributed by atoms with Crippen molar-refractivity contribution in [3.8, 4) is 17.6 Å². The summed E-state index contributed by atoms with van der Waals surface area (Å²) in [7, 11) is 0. The first-order valence-electron chi connectivity index (χ1n) is 7.18. The highest BCUT2D eigenvalue weighted by molar-refractivity contribution is 14.1. The Morgan fingerprint density at radius 1 is 1.38 bits per heavy atom. The van der Waals surface area contributed by atoms with Crippen LogP contribution >= 0.6 is 22.6 Å². The van der Waals surface area contributed by atoms with Crippen molar-refractivity contribution in [1.29, 1.82) is 5.26 Å². The second-order valence-electron chi connectivity index (χ2n) is 4.76. The number of ether oxygens (including phenoxy) is 1. The van der Waals surface area contributed by atoms with Gasteiger partial charge in [0.1, 0.15) is 11.6 Å². The third-order valence-electron chi connectivity index (χ3n) is 3.08. The van der Waals surface area contributed by atoms with E-state index in [-0.39, 0.29) is 11.3 Å². The molecule has 0 spiro atoms. The van der Waals surface area contributed by atoms with E-state index in [9.17, 15) is 15.2 Å². The minimum atomic E-state index is -0.493. The van der Waals surface area contributed by atoms with Gasteiger partial charge in [-0.25, -0.2) is 0 Å². The van der Waals surface area contributed by atoms with E-state index in [0.29, 0.717) is 23.6 Å². The minimum Gasteiger partial charge on any atom is -0.504 e. The van der Waals surface area contributed by atoms with Crippen molar-refractivity contribution in [3.05, 3.63) is 57.2 Å². The first kappa shape index (κ1) is 17.8. The second kappa shape index (κ2) is 8.36. The minimum absolute atomic E-state index is 0.01000. The normalized spacial score (nSPS) is 10.8. The van der Waals surface area contributed by atoms with Gasteiger partial charge in [0.05, 0.1) is 12.3 Å². The number of carbonyl (C=O) groups excluding carboxylic acids is 1. The van der Waals surface area contributed by atoms with Crippen LogP contribution in [0.15, 0.2) is 48.0 Å². The number of anilines is 1. The zero-order valence-electron chi connectivity index (χ0n) is 12.9. The van der Waals surface area contributed by atoms with E-state index in [1.54, 1.807) is 25.1 Å². The van der Waals surface area contributed by atoms with Gasteiger partial charge >= 0.3 is 0 Å². The third kappa shape index (κ3) is 4.49. The van der Waals surface area contributed by atoms with Gasteiger partial charge in [-0.3, -0.25) is 4.79 Å². The summed E-state index contributed by atoms with van der Waals surface area (Å²) in [5.41, 5.74) is 1.19. The number of hydrogen-bond donors (Lipinski definition) is 2. The molecule has 0 heterocycles. The van der Waals surface area contributed by atoms with Gasteiger partial charge in [0, 0.05) is 3.57 Å². The summed E-state index contributed by atoms with van der Waals surface area (Å²) in [6.45, 7) is 2.20. The van der Waals surface area contributed by atoms with Gasteiger partial charge in [0.15, 0.2) is 11.5 Å². The molecular weight excluding hydrogens is 419 g/mol. The molecule has 0 bridgehead atoms. The Morgan fingerprint density at radius 3 is 2.79 bits per heavy atom. The van der Waals surface area contributed by atoms with Crippen LogP contribution in [0.4, 0.5) is 5.69 Å². The number of aromatic hydroxyl groups is 1. The largest absolute Gasteiger partial charge is 0.504 e. The lowest BCUT2D eigenvalue weighted by atomic mass is 10.1. The Hall–Kier alpha value is -2.53. The van der Waals surface area contributed by atoms with Gasteiger partial charge in [-0.15, -0.1) is 0 Å². The fourth-order valence-electron chi connectivity index (χ4n) is 1.96. The van der Waals surface area contributed by atoms with Crippen LogP contribution in [0.1, 0.15) is 12.5 Å². The quantitative estimate of drug-likeness (QED) is 0.425. The molecule has 0 aromatic heterocycles. The van der Waals surface area contributed by atoms with E-state index in [2.05, 4.69) is 27.9 Å². The molecule has 0 aliphatic heterocycles. The summed E-state index contributed by atoms with van der Waals surface area (Å²) in [6.07, 6.45) is 1.45. The average Bonchev–Trinajstić information content (AvgIpc) is 2.57. The molecule has 2 aromatic carbocycles. The van der Waals surface area contributed by atoms with E-state index >= 15 is 0 Å². The molecule has 0 aliphatic carbocycles. The molecule has 24 heavy (non-hydrogen) atoms. The fourth-order valence-corrected chi connectivity index (χ4v) is 2.48. The van der Waals surface area contributed by atoms with E-state index in [1.165, 1.54) is 12.1 Å². The predicted octanol–water partition coefficient (Wildman–Crippen LogP) is 3.94. The lowest BCUT2D eigenvalue weighted by molar-refractivity contribution is -0.112. The maximum Gasteiger partial charge on any atom is 0.266 e. The van der Waals surface area contributed by atoms with Crippen LogP contribution in [-0.4, -0.2) is 17.6 Å². The summed E-state index contributed by atoms with van der Waals surface area (Å²) >= 11 is 2.11. The van der Waals surface area contributed by atoms with Crippen molar-refractivity contribution in [3.63, 3.8) is 0 Å². The zero-order valence-corrected chi connectivity index (χ0v) is 15.1. The summed E-state index contributed by atoms with van der Waals surface area (Å²) < 4.78 is 6.18. The van der Waals surface area contributed by atoms with E-state index in [1.807, 2.05) is 24.3 Å². The smallest absolute Gasteiger partial charge is 0.266 e. The molecule has 0 aliphatic rings. The number of para-hydroxylation sites is 1. The van der Waals surface area contributed by atoms with Crippen molar-refractivity contribution in [1.82, 2.24) is 0 Å². The molecule has 0 fully saturated rings. The molecule has 0 radical (unpaired) electrons. The van der Waals surface area contributed by atoms with E-state index in [4.69, 9.17) is 4.74 Å². The van der Waals surface area contributed by atoms with Crippen molar-refractivity contribution in [2.45, 2.75) is 6.92 Å². The molecule has 2 rings (SSSR count).